The van der Waals surface area contributed by atoms with Crippen LogP contribution in [0.25, 0.3) is 5.69 Å². The molecule has 6 nitrogen and oxygen atoms in total. The highest BCUT2D eigenvalue weighted by atomic mass is 32.1. The van der Waals surface area contributed by atoms with Crippen LogP contribution in [-0.4, -0.2) is 26.1 Å². The predicted octanol–water partition coefficient (Wildman–Crippen LogP) is 3.30. The molecule has 1 N–H and O–H groups in total. The number of thiophene rings is 1. The van der Waals surface area contributed by atoms with Crippen LogP contribution in [0, 0.1) is 12.7 Å². The van der Waals surface area contributed by atoms with Crippen molar-refractivity contribution in [3.05, 3.63) is 51.7 Å². The zero-order chi connectivity index (χ0) is 16.7. The van der Waals surface area contributed by atoms with Gasteiger partial charge in [0.25, 0.3) is 5.91 Å². The lowest BCUT2D eigenvalue weighted by molar-refractivity contribution is 0.103. The highest BCUT2D eigenvalue weighted by molar-refractivity contribution is 7.14. The fourth-order valence-corrected chi connectivity index (χ4v) is 3.22. The van der Waals surface area contributed by atoms with E-state index in [1.54, 1.807) is 22.9 Å². The summed E-state index contributed by atoms with van der Waals surface area (Å²) in [7, 11) is 0. The Morgan fingerprint density at radius 3 is 2.88 bits per heavy atom. The molecule has 0 saturated heterocycles. The molecule has 8 heteroatoms. The van der Waals surface area contributed by atoms with Crippen LogP contribution in [0.4, 0.5) is 10.1 Å². The molecule has 1 fully saturated rings. The summed E-state index contributed by atoms with van der Waals surface area (Å²) < 4.78 is 15.7. The Kier molecular flexibility index (Phi) is 3.61. The largest absolute Gasteiger partial charge is 0.319 e. The van der Waals surface area contributed by atoms with Gasteiger partial charge in [0.05, 0.1) is 16.3 Å². The molecule has 24 heavy (non-hydrogen) atoms. The third-order valence-electron chi connectivity index (χ3n) is 3.84. The number of carbonyl (C=O) groups excluding carboxylic acids is 1. The minimum atomic E-state index is -0.499. The second-order valence-corrected chi connectivity index (χ2v) is 7.04. The van der Waals surface area contributed by atoms with Gasteiger partial charge in [0.15, 0.2) is 5.82 Å². The van der Waals surface area contributed by atoms with Gasteiger partial charge in [0, 0.05) is 10.8 Å². The average Bonchev–Trinajstić information content (AvgIpc) is 3.12. The van der Waals surface area contributed by atoms with Crippen LogP contribution in [0.2, 0.25) is 0 Å². The standard InChI is InChI=1S/C16H14FN5OS/c1-9-2-7-14(24-9)16(23)18-13-8-11(5-6-12(13)17)22-15(10-3-4-10)19-20-21-22/h2,5-8,10H,3-4H2,1H3,(H,18,23). The number of tetrazole rings is 1. The van der Waals surface area contributed by atoms with E-state index in [0.717, 1.165) is 23.5 Å². The van der Waals surface area contributed by atoms with Gasteiger partial charge in [-0.2, -0.15) is 4.68 Å². The molecule has 0 radical (unpaired) electrons. The first-order valence-corrected chi connectivity index (χ1v) is 8.39. The number of carbonyl (C=O) groups is 1. The maximum Gasteiger partial charge on any atom is 0.265 e. The minimum absolute atomic E-state index is 0.112. The SMILES string of the molecule is Cc1ccc(C(=O)Nc2cc(-n3nnnc3C3CC3)ccc2F)s1. The third-order valence-corrected chi connectivity index (χ3v) is 4.84. The van der Waals surface area contributed by atoms with Gasteiger partial charge >= 0.3 is 0 Å². The van der Waals surface area contributed by atoms with Gasteiger partial charge in [-0.25, -0.2) is 4.39 Å². The maximum absolute atomic E-state index is 14.1. The summed E-state index contributed by atoms with van der Waals surface area (Å²) in [4.78, 5) is 13.8. The number of aryl methyl sites for hydroxylation is 1. The van der Waals surface area contributed by atoms with E-state index in [9.17, 15) is 9.18 Å². The molecule has 2 heterocycles. The molecule has 3 aromatic rings. The van der Waals surface area contributed by atoms with E-state index >= 15 is 0 Å². The number of nitrogens with one attached hydrogen (secondary N) is 1. The smallest absolute Gasteiger partial charge is 0.265 e. The molecule has 0 bridgehead atoms. The van der Waals surface area contributed by atoms with Crippen molar-refractivity contribution in [1.29, 1.82) is 0 Å². The first kappa shape index (κ1) is 14.9. The Bertz CT molecular complexity index is 915. The molecule has 0 spiro atoms. The summed E-state index contributed by atoms with van der Waals surface area (Å²) in [5.41, 5.74) is 0.738. The highest BCUT2D eigenvalue weighted by Gasteiger charge is 2.30. The van der Waals surface area contributed by atoms with Gasteiger partial charge in [-0.15, -0.1) is 16.4 Å². The van der Waals surface area contributed by atoms with Crippen LogP contribution < -0.4 is 5.32 Å². The van der Waals surface area contributed by atoms with Crippen molar-refractivity contribution in [1.82, 2.24) is 20.2 Å². The molecule has 122 valence electrons. The fourth-order valence-electron chi connectivity index (χ4n) is 2.46. The highest BCUT2D eigenvalue weighted by Crippen LogP contribution is 2.39. The van der Waals surface area contributed by atoms with Gasteiger partial charge in [-0.3, -0.25) is 4.79 Å². The van der Waals surface area contributed by atoms with Crippen molar-refractivity contribution in [3.63, 3.8) is 0 Å². The lowest BCUT2D eigenvalue weighted by Gasteiger charge is -2.09. The van der Waals surface area contributed by atoms with Crippen LogP contribution in [0.5, 0.6) is 0 Å². The minimum Gasteiger partial charge on any atom is -0.319 e. The number of benzene rings is 1. The lowest BCUT2D eigenvalue weighted by Crippen LogP contribution is -2.12. The second-order valence-electron chi connectivity index (χ2n) is 5.75. The predicted molar refractivity (Wildman–Crippen MR) is 88.1 cm³/mol. The van der Waals surface area contributed by atoms with Crippen LogP contribution in [0.1, 0.15) is 39.1 Å². The zero-order valence-electron chi connectivity index (χ0n) is 12.9. The van der Waals surface area contributed by atoms with Gasteiger partial charge in [-0.05, 0) is 60.5 Å². The summed E-state index contributed by atoms with van der Waals surface area (Å²) in [6.07, 6.45) is 2.12. The quantitative estimate of drug-likeness (QED) is 0.789. The van der Waals surface area contributed by atoms with Crippen molar-refractivity contribution < 1.29 is 9.18 Å². The van der Waals surface area contributed by atoms with Crippen LogP contribution >= 0.6 is 11.3 Å². The topological polar surface area (TPSA) is 72.7 Å². The maximum atomic E-state index is 14.1. The first-order valence-electron chi connectivity index (χ1n) is 7.58. The molecule has 1 amide bonds. The van der Waals surface area contributed by atoms with Gasteiger partial charge in [0.1, 0.15) is 5.82 Å². The summed E-state index contributed by atoms with van der Waals surface area (Å²) >= 11 is 1.37. The molecule has 1 aromatic carbocycles. The Balaban J connectivity index is 1.64. The van der Waals surface area contributed by atoms with E-state index in [0.29, 0.717) is 16.5 Å². The summed E-state index contributed by atoms with van der Waals surface area (Å²) in [6.45, 7) is 1.92. The van der Waals surface area contributed by atoms with Gasteiger partial charge in [-0.1, -0.05) is 0 Å². The average molecular weight is 343 g/mol. The number of halogens is 1. The molecule has 0 atom stereocenters. The van der Waals surface area contributed by atoms with Crippen molar-refractivity contribution in [2.24, 2.45) is 0 Å². The van der Waals surface area contributed by atoms with E-state index < -0.39 is 5.82 Å². The van der Waals surface area contributed by atoms with E-state index in [-0.39, 0.29) is 11.6 Å². The zero-order valence-corrected chi connectivity index (χ0v) is 13.7. The van der Waals surface area contributed by atoms with Gasteiger partial charge in [0.2, 0.25) is 0 Å². The van der Waals surface area contributed by atoms with Crippen LogP contribution in [0.3, 0.4) is 0 Å². The van der Waals surface area contributed by atoms with E-state index in [1.165, 1.54) is 17.4 Å². The summed E-state index contributed by atoms with van der Waals surface area (Å²) in [6, 6.07) is 8.04. The summed E-state index contributed by atoms with van der Waals surface area (Å²) in [5.74, 6) is 0.301. The van der Waals surface area contributed by atoms with Crippen LogP contribution in [-0.2, 0) is 0 Å². The second kappa shape index (κ2) is 5.79. The first-order chi connectivity index (χ1) is 11.6. The molecular formula is C16H14FN5OS. The number of anilines is 1. The normalized spacial score (nSPS) is 13.9. The van der Waals surface area contributed by atoms with Gasteiger partial charge < -0.3 is 5.32 Å². The molecular weight excluding hydrogens is 329 g/mol. The summed E-state index contributed by atoms with van der Waals surface area (Å²) in [5, 5.41) is 14.3. The van der Waals surface area contributed by atoms with Crippen molar-refractivity contribution in [3.8, 4) is 5.69 Å². The number of rotatable bonds is 4. The Morgan fingerprint density at radius 2 is 2.17 bits per heavy atom. The molecule has 0 aliphatic heterocycles. The number of amides is 1. The van der Waals surface area contributed by atoms with Crippen molar-refractivity contribution in [2.45, 2.75) is 25.7 Å². The Morgan fingerprint density at radius 1 is 1.33 bits per heavy atom. The molecule has 1 aliphatic rings. The van der Waals surface area contributed by atoms with Crippen LogP contribution in [0.15, 0.2) is 30.3 Å². The molecule has 0 unspecified atom stereocenters. The number of hydrogen-bond donors (Lipinski definition) is 1. The van der Waals surface area contributed by atoms with E-state index in [4.69, 9.17) is 0 Å². The van der Waals surface area contributed by atoms with E-state index in [1.807, 2.05) is 13.0 Å². The number of aromatic nitrogens is 4. The Hall–Kier alpha value is -2.61. The molecule has 4 rings (SSSR count). The Labute approximate surface area is 141 Å². The molecule has 2 aromatic heterocycles. The lowest BCUT2D eigenvalue weighted by atomic mass is 10.2. The van der Waals surface area contributed by atoms with Crippen molar-refractivity contribution in [2.75, 3.05) is 5.32 Å². The fraction of sp³-hybridized carbons (Fsp3) is 0.250. The van der Waals surface area contributed by atoms with E-state index in [2.05, 4.69) is 20.8 Å². The third kappa shape index (κ3) is 2.80. The monoisotopic (exact) mass is 343 g/mol. The molecule has 1 saturated carbocycles. The molecule has 1 aliphatic carbocycles. The van der Waals surface area contributed by atoms with Crippen molar-refractivity contribution >= 4 is 22.9 Å². The number of hydrogen-bond acceptors (Lipinski definition) is 5. The number of nitrogens with zero attached hydrogens (tertiary/aromatic N) is 4.